The SMILES string of the molecule is c1ccc2c(c1)sc1ccc(-c3c4cc5c(cc4c(-c4ccc6sc7ccccc7c6c4)c4c6cccc7cccc(c34)c76)c3ccc4c6cccc7cccc(c8ccc5c3c84)c76)cc12. The third-order valence-corrected chi connectivity index (χ3v) is 17.8. The summed E-state index contributed by atoms with van der Waals surface area (Å²) in [6.45, 7) is 0. The summed E-state index contributed by atoms with van der Waals surface area (Å²) in [6, 6.07) is 74.8. The van der Waals surface area contributed by atoms with Gasteiger partial charge in [0.2, 0.25) is 0 Å². The van der Waals surface area contributed by atoms with Crippen molar-refractivity contribution in [3.05, 3.63) is 194 Å². The molecular formula is C64H32S2. The molecule has 0 unspecified atom stereocenters. The van der Waals surface area contributed by atoms with Gasteiger partial charge in [-0.1, -0.05) is 146 Å². The fourth-order valence-electron chi connectivity index (χ4n) is 12.8. The molecule has 17 aromatic rings. The molecule has 2 heteroatoms. The molecule has 15 aromatic carbocycles. The monoisotopic (exact) mass is 864 g/mol. The van der Waals surface area contributed by atoms with Crippen molar-refractivity contribution in [2.45, 2.75) is 0 Å². The molecular weight excluding hydrogens is 833 g/mol. The zero-order valence-corrected chi connectivity index (χ0v) is 36.9. The van der Waals surface area contributed by atoms with Gasteiger partial charge in [-0.15, -0.1) is 22.7 Å². The van der Waals surface area contributed by atoms with Gasteiger partial charge in [0.05, 0.1) is 0 Å². The number of hydrogen-bond acceptors (Lipinski definition) is 2. The molecule has 0 aliphatic heterocycles. The van der Waals surface area contributed by atoms with Gasteiger partial charge >= 0.3 is 0 Å². The number of thiophene rings is 2. The number of fused-ring (bicyclic) bond motifs is 15. The number of hydrogen-bond donors (Lipinski definition) is 0. The Hall–Kier alpha value is -7.88. The van der Waals surface area contributed by atoms with E-state index in [0.29, 0.717) is 0 Å². The Kier molecular flexibility index (Phi) is 6.31. The van der Waals surface area contributed by atoms with Crippen molar-refractivity contribution in [2.24, 2.45) is 0 Å². The summed E-state index contributed by atoms with van der Waals surface area (Å²) in [5.74, 6) is 0. The van der Waals surface area contributed by atoms with Crippen molar-refractivity contribution in [1.82, 2.24) is 0 Å². The molecule has 0 aliphatic rings. The fourth-order valence-corrected chi connectivity index (χ4v) is 15.0. The Morgan fingerprint density at radius 3 is 1.03 bits per heavy atom. The van der Waals surface area contributed by atoms with Crippen LogP contribution in [0.25, 0.3) is 170 Å². The Bertz CT molecular complexity index is 4680. The van der Waals surface area contributed by atoms with Gasteiger partial charge < -0.3 is 0 Å². The lowest BCUT2D eigenvalue weighted by Gasteiger charge is -2.18. The molecule has 0 spiro atoms. The lowest BCUT2D eigenvalue weighted by atomic mass is 9.85. The molecule has 0 fully saturated rings. The van der Waals surface area contributed by atoms with E-state index in [0.717, 1.165) is 0 Å². The van der Waals surface area contributed by atoms with E-state index >= 15 is 0 Å². The average molecular weight is 865 g/mol. The summed E-state index contributed by atoms with van der Waals surface area (Å²) in [7, 11) is 0. The molecule has 2 aromatic heterocycles. The van der Waals surface area contributed by atoms with Crippen molar-refractivity contribution in [2.75, 3.05) is 0 Å². The van der Waals surface area contributed by atoms with Crippen molar-refractivity contribution in [3.8, 4) is 22.3 Å². The van der Waals surface area contributed by atoms with E-state index in [1.807, 2.05) is 22.7 Å². The Labute approximate surface area is 384 Å². The Balaban J connectivity index is 1.11. The molecule has 0 nitrogen and oxygen atoms in total. The lowest BCUT2D eigenvalue weighted by molar-refractivity contribution is 1.76. The molecule has 0 atom stereocenters. The molecule has 0 N–H and O–H groups in total. The second-order valence-electron chi connectivity index (χ2n) is 18.6. The van der Waals surface area contributed by atoms with Crippen LogP contribution in [-0.4, -0.2) is 0 Å². The van der Waals surface area contributed by atoms with E-state index < -0.39 is 0 Å². The molecule has 0 amide bonds. The van der Waals surface area contributed by atoms with Crippen LogP contribution in [-0.2, 0) is 0 Å². The highest BCUT2D eigenvalue weighted by Gasteiger charge is 2.27. The van der Waals surface area contributed by atoms with Crippen LogP contribution in [0.2, 0.25) is 0 Å². The molecule has 0 bridgehead atoms. The fraction of sp³-hybridized carbons (Fsp3) is 0. The molecule has 0 radical (unpaired) electrons. The third kappa shape index (κ3) is 4.17. The van der Waals surface area contributed by atoms with E-state index in [1.165, 1.54) is 170 Å². The third-order valence-electron chi connectivity index (χ3n) is 15.4. The predicted molar refractivity (Wildman–Crippen MR) is 292 cm³/mol. The maximum absolute atomic E-state index is 2.59. The predicted octanol–water partition coefficient (Wildman–Crippen LogP) is 19.6. The normalized spacial score (nSPS) is 12.8. The van der Waals surface area contributed by atoms with Gasteiger partial charge in [-0.3, -0.25) is 0 Å². The van der Waals surface area contributed by atoms with Gasteiger partial charge in [-0.25, -0.2) is 0 Å². The highest BCUT2D eigenvalue weighted by atomic mass is 32.1. The standard InChI is InChI=1S/C64H32S2/c1-3-19-53-37(13-1)49-29-35(21-27-55(49)65-53)59-51-31-47-43-25-23-41-39-15-5-9-33-10-6-16-40(57(33)39)42-24-26-44(62(43)61(41)42)48(47)32-52(51)60(36-22-28-56-50(30-36)38-14-2-4-20-54(38)66-56)64-46-18-8-12-34-11-7-17-45(58(34)46)63(59)64/h1-32H. The largest absolute Gasteiger partial charge is 0.135 e. The summed E-state index contributed by atoms with van der Waals surface area (Å²) in [6.07, 6.45) is 0. The summed E-state index contributed by atoms with van der Waals surface area (Å²) in [4.78, 5) is 0. The average Bonchev–Trinajstić information content (AvgIpc) is 4.11. The smallest absolute Gasteiger partial charge is 0.0355 e. The zero-order chi connectivity index (χ0) is 42.5. The Morgan fingerprint density at radius 2 is 0.561 bits per heavy atom. The van der Waals surface area contributed by atoms with E-state index in [9.17, 15) is 0 Å². The second-order valence-corrected chi connectivity index (χ2v) is 20.7. The van der Waals surface area contributed by atoms with Crippen molar-refractivity contribution in [3.63, 3.8) is 0 Å². The lowest BCUT2D eigenvalue weighted by Crippen LogP contribution is -1.90. The van der Waals surface area contributed by atoms with Gasteiger partial charge in [-0.05, 0) is 179 Å². The molecule has 0 saturated carbocycles. The second kappa shape index (κ2) is 12.1. The van der Waals surface area contributed by atoms with Gasteiger partial charge in [0.1, 0.15) is 0 Å². The quantitative estimate of drug-likeness (QED) is 0.120. The van der Waals surface area contributed by atoms with Crippen LogP contribution in [0.15, 0.2) is 194 Å². The van der Waals surface area contributed by atoms with Gasteiger partial charge in [-0.2, -0.15) is 0 Å². The summed E-state index contributed by atoms with van der Waals surface area (Å²) in [5, 5.41) is 31.9. The van der Waals surface area contributed by atoms with Crippen molar-refractivity contribution in [1.29, 1.82) is 0 Å². The van der Waals surface area contributed by atoms with E-state index in [-0.39, 0.29) is 0 Å². The minimum absolute atomic E-state index is 1.26. The number of rotatable bonds is 2. The van der Waals surface area contributed by atoms with Crippen LogP contribution in [0.3, 0.4) is 0 Å². The van der Waals surface area contributed by atoms with Crippen LogP contribution in [0.1, 0.15) is 0 Å². The van der Waals surface area contributed by atoms with E-state index in [4.69, 9.17) is 0 Å². The maximum Gasteiger partial charge on any atom is 0.0355 e. The summed E-state index contributed by atoms with van der Waals surface area (Å²) < 4.78 is 5.32. The highest BCUT2D eigenvalue weighted by Crippen LogP contribution is 2.55. The first-order valence-electron chi connectivity index (χ1n) is 22.9. The minimum atomic E-state index is 1.26. The maximum atomic E-state index is 2.59. The zero-order valence-electron chi connectivity index (χ0n) is 35.3. The molecule has 0 saturated heterocycles. The van der Waals surface area contributed by atoms with Crippen LogP contribution in [0.4, 0.5) is 0 Å². The van der Waals surface area contributed by atoms with Crippen LogP contribution in [0, 0.1) is 0 Å². The molecule has 66 heavy (non-hydrogen) atoms. The Morgan fingerprint density at radius 1 is 0.197 bits per heavy atom. The van der Waals surface area contributed by atoms with Crippen molar-refractivity contribution >= 4 is 171 Å². The topological polar surface area (TPSA) is 0 Å². The molecule has 300 valence electrons. The first-order valence-corrected chi connectivity index (χ1v) is 24.5. The highest BCUT2D eigenvalue weighted by molar-refractivity contribution is 7.26. The van der Waals surface area contributed by atoms with Gasteiger partial charge in [0, 0.05) is 40.3 Å². The van der Waals surface area contributed by atoms with Crippen LogP contribution in [0.5, 0.6) is 0 Å². The molecule has 2 heterocycles. The first kappa shape index (κ1) is 34.5. The van der Waals surface area contributed by atoms with Gasteiger partial charge in [0.25, 0.3) is 0 Å². The molecule has 0 aliphatic carbocycles. The van der Waals surface area contributed by atoms with Crippen molar-refractivity contribution < 1.29 is 0 Å². The first-order chi connectivity index (χ1) is 32.7. The summed E-state index contributed by atoms with van der Waals surface area (Å²) in [5.41, 5.74) is 5.17. The van der Waals surface area contributed by atoms with E-state index in [1.54, 1.807) is 0 Å². The van der Waals surface area contributed by atoms with Crippen LogP contribution >= 0.6 is 22.7 Å². The number of benzene rings is 13. The minimum Gasteiger partial charge on any atom is -0.135 e. The van der Waals surface area contributed by atoms with Gasteiger partial charge in [0.15, 0.2) is 0 Å². The van der Waals surface area contributed by atoms with E-state index in [2.05, 4.69) is 194 Å². The van der Waals surface area contributed by atoms with Crippen LogP contribution < -0.4 is 0 Å². The molecule has 17 rings (SSSR count). The summed E-state index contributed by atoms with van der Waals surface area (Å²) >= 11 is 3.78.